The van der Waals surface area contributed by atoms with E-state index < -0.39 is 0 Å². The minimum absolute atomic E-state index is 0.0466. The number of hydrogen-bond donors (Lipinski definition) is 1. The summed E-state index contributed by atoms with van der Waals surface area (Å²) in [6, 6.07) is 7.33. The number of benzene rings is 1. The van der Waals surface area contributed by atoms with Gasteiger partial charge >= 0.3 is 0 Å². The lowest BCUT2D eigenvalue weighted by Crippen LogP contribution is -2.14. The average molecular weight is 400 g/mol. The largest absolute Gasteiger partial charge is 0.497 e. The number of rotatable bonds is 5. The lowest BCUT2D eigenvalue weighted by molar-refractivity contribution is -0.113. The third kappa shape index (κ3) is 3.94. The number of thioether (sulfide) groups is 1. The fourth-order valence-electron chi connectivity index (χ4n) is 3.36. The van der Waals surface area contributed by atoms with Crippen molar-refractivity contribution < 1.29 is 9.53 Å². The van der Waals surface area contributed by atoms with Crippen molar-refractivity contribution in [1.29, 1.82) is 0 Å². The molecule has 0 fully saturated rings. The van der Waals surface area contributed by atoms with Gasteiger partial charge in [0.15, 0.2) is 0 Å². The third-order valence-electron chi connectivity index (χ3n) is 4.77. The zero-order valence-electron chi connectivity index (χ0n) is 15.3. The first-order valence-electron chi connectivity index (χ1n) is 8.96. The first-order valence-corrected chi connectivity index (χ1v) is 10.8. The summed E-state index contributed by atoms with van der Waals surface area (Å²) in [5.41, 5.74) is 2.16. The summed E-state index contributed by atoms with van der Waals surface area (Å²) < 4.78 is 5.13. The van der Waals surface area contributed by atoms with Gasteiger partial charge in [-0.15, -0.1) is 11.3 Å². The number of hydrogen-bond acceptors (Lipinski definition) is 6. The highest BCUT2D eigenvalue weighted by atomic mass is 32.2. The van der Waals surface area contributed by atoms with Gasteiger partial charge in [0.2, 0.25) is 5.91 Å². The maximum Gasteiger partial charge on any atom is 0.234 e. The van der Waals surface area contributed by atoms with Gasteiger partial charge in [0.25, 0.3) is 0 Å². The molecule has 2 heterocycles. The van der Waals surface area contributed by atoms with Crippen LogP contribution in [0.5, 0.6) is 5.75 Å². The van der Waals surface area contributed by atoms with E-state index in [2.05, 4.69) is 22.2 Å². The Morgan fingerprint density at radius 1 is 1.33 bits per heavy atom. The highest BCUT2D eigenvalue weighted by Gasteiger charge is 2.23. The van der Waals surface area contributed by atoms with Gasteiger partial charge in [0.1, 0.15) is 21.9 Å². The van der Waals surface area contributed by atoms with Gasteiger partial charge in [-0.3, -0.25) is 4.79 Å². The van der Waals surface area contributed by atoms with Gasteiger partial charge in [0.05, 0.1) is 12.9 Å². The van der Waals surface area contributed by atoms with Gasteiger partial charge in [0, 0.05) is 16.0 Å². The SMILES string of the molecule is COc1ccc(NC(=O)CSc2ncnc3sc4c(c23)CC[C@H](C)C4)cc1. The van der Waals surface area contributed by atoms with Crippen molar-refractivity contribution in [3.63, 3.8) is 0 Å². The number of aromatic nitrogens is 2. The molecule has 0 radical (unpaired) electrons. The molecule has 0 saturated carbocycles. The number of thiophene rings is 1. The summed E-state index contributed by atoms with van der Waals surface area (Å²) >= 11 is 3.26. The van der Waals surface area contributed by atoms with Gasteiger partial charge in [-0.25, -0.2) is 9.97 Å². The number of ether oxygens (including phenoxy) is 1. The minimum Gasteiger partial charge on any atom is -0.497 e. The predicted octanol–water partition coefficient (Wildman–Crippen LogP) is 4.56. The molecule has 3 aromatic rings. The number of fused-ring (bicyclic) bond motifs is 3. The van der Waals surface area contributed by atoms with Crippen LogP contribution in [0.15, 0.2) is 35.6 Å². The lowest BCUT2D eigenvalue weighted by atomic mass is 9.89. The van der Waals surface area contributed by atoms with E-state index in [-0.39, 0.29) is 5.91 Å². The van der Waals surface area contributed by atoms with Crippen molar-refractivity contribution in [1.82, 2.24) is 9.97 Å². The molecule has 27 heavy (non-hydrogen) atoms. The second-order valence-corrected chi connectivity index (χ2v) is 8.82. The van der Waals surface area contributed by atoms with Crippen molar-refractivity contribution in [3.8, 4) is 5.75 Å². The lowest BCUT2D eigenvalue weighted by Gasteiger charge is -2.18. The minimum atomic E-state index is -0.0466. The summed E-state index contributed by atoms with van der Waals surface area (Å²) in [6.45, 7) is 2.30. The van der Waals surface area contributed by atoms with Crippen LogP contribution in [-0.2, 0) is 17.6 Å². The van der Waals surface area contributed by atoms with Crippen molar-refractivity contribution in [2.45, 2.75) is 31.2 Å². The van der Waals surface area contributed by atoms with Crippen LogP contribution in [0.2, 0.25) is 0 Å². The number of nitrogens with one attached hydrogen (secondary N) is 1. The van der Waals surface area contributed by atoms with Crippen LogP contribution in [0.4, 0.5) is 5.69 Å². The average Bonchev–Trinajstić information content (AvgIpc) is 3.05. The van der Waals surface area contributed by atoms with E-state index in [9.17, 15) is 4.79 Å². The van der Waals surface area contributed by atoms with Crippen LogP contribution in [0.3, 0.4) is 0 Å². The molecule has 0 aliphatic heterocycles. The molecular formula is C20H21N3O2S2. The summed E-state index contributed by atoms with van der Waals surface area (Å²) in [5.74, 6) is 1.76. The molecule has 4 rings (SSSR count). The molecule has 0 spiro atoms. The molecule has 1 aliphatic carbocycles. The van der Waals surface area contributed by atoms with Crippen LogP contribution in [-0.4, -0.2) is 28.7 Å². The topological polar surface area (TPSA) is 64.1 Å². The Labute approximate surface area is 166 Å². The Bertz CT molecular complexity index is 969. The molecule has 1 N–H and O–H groups in total. The molecule has 0 unspecified atom stereocenters. The van der Waals surface area contributed by atoms with Gasteiger partial charge in [-0.05, 0) is 55.0 Å². The number of carbonyl (C=O) groups is 1. The number of aryl methyl sites for hydroxylation is 1. The third-order valence-corrected chi connectivity index (χ3v) is 6.92. The fraction of sp³-hybridized carbons (Fsp3) is 0.350. The molecule has 2 aromatic heterocycles. The highest BCUT2D eigenvalue weighted by Crippen LogP contribution is 2.40. The fourth-order valence-corrected chi connectivity index (χ4v) is 5.60. The number of anilines is 1. The summed E-state index contributed by atoms with van der Waals surface area (Å²) in [4.78, 5) is 23.8. The zero-order valence-corrected chi connectivity index (χ0v) is 17.0. The van der Waals surface area contributed by atoms with Gasteiger partial charge < -0.3 is 10.1 Å². The molecule has 1 aliphatic rings. The monoisotopic (exact) mass is 399 g/mol. The van der Waals surface area contributed by atoms with Crippen molar-refractivity contribution in [3.05, 3.63) is 41.0 Å². The van der Waals surface area contributed by atoms with Gasteiger partial charge in [-0.1, -0.05) is 18.7 Å². The molecule has 7 heteroatoms. The second kappa shape index (κ2) is 7.86. The van der Waals surface area contributed by atoms with Gasteiger partial charge in [-0.2, -0.15) is 0 Å². The summed E-state index contributed by atoms with van der Waals surface area (Å²) in [5, 5.41) is 4.99. The molecular weight excluding hydrogens is 378 g/mol. The molecule has 0 bridgehead atoms. The molecule has 0 saturated heterocycles. The zero-order chi connectivity index (χ0) is 18.8. The Morgan fingerprint density at radius 2 is 2.15 bits per heavy atom. The van der Waals surface area contributed by atoms with Crippen molar-refractivity contribution in [2.24, 2.45) is 5.92 Å². The van der Waals surface area contributed by atoms with E-state index in [1.165, 1.54) is 28.6 Å². The maximum absolute atomic E-state index is 12.3. The van der Waals surface area contributed by atoms with Crippen molar-refractivity contribution in [2.75, 3.05) is 18.2 Å². The van der Waals surface area contributed by atoms with E-state index in [4.69, 9.17) is 4.74 Å². The van der Waals surface area contributed by atoms with Crippen LogP contribution in [0, 0.1) is 5.92 Å². The van der Waals surface area contributed by atoms with Crippen LogP contribution >= 0.6 is 23.1 Å². The van der Waals surface area contributed by atoms with Crippen molar-refractivity contribution >= 4 is 44.9 Å². The van der Waals surface area contributed by atoms with E-state index in [0.717, 1.165) is 45.4 Å². The Hall–Kier alpha value is -2.12. The Balaban J connectivity index is 1.47. The first kappa shape index (κ1) is 18.3. The smallest absolute Gasteiger partial charge is 0.234 e. The highest BCUT2D eigenvalue weighted by molar-refractivity contribution is 8.00. The second-order valence-electron chi connectivity index (χ2n) is 6.78. The predicted molar refractivity (Wildman–Crippen MR) is 111 cm³/mol. The molecule has 5 nitrogen and oxygen atoms in total. The Kier molecular flexibility index (Phi) is 5.31. The van der Waals surface area contributed by atoms with Crippen LogP contribution < -0.4 is 10.1 Å². The van der Waals surface area contributed by atoms with E-state index in [1.807, 2.05) is 24.3 Å². The van der Waals surface area contributed by atoms with E-state index in [1.54, 1.807) is 24.8 Å². The Morgan fingerprint density at radius 3 is 2.93 bits per heavy atom. The number of methoxy groups -OCH3 is 1. The van der Waals surface area contributed by atoms with E-state index in [0.29, 0.717) is 5.75 Å². The van der Waals surface area contributed by atoms with Crippen LogP contribution in [0.1, 0.15) is 23.8 Å². The molecule has 1 amide bonds. The number of amides is 1. The summed E-state index contributed by atoms with van der Waals surface area (Å²) in [6.07, 6.45) is 5.01. The quantitative estimate of drug-likeness (QED) is 0.503. The number of carbonyl (C=O) groups excluding carboxylic acids is 1. The first-order chi connectivity index (χ1) is 13.1. The summed E-state index contributed by atoms with van der Waals surface area (Å²) in [7, 11) is 1.62. The number of nitrogens with zero attached hydrogens (tertiary/aromatic N) is 2. The molecule has 1 atom stereocenters. The normalized spacial score (nSPS) is 16.1. The molecule has 1 aromatic carbocycles. The van der Waals surface area contributed by atoms with E-state index >= 15 is 0 Å². The molecule has 140 valence electrons. The van der Waals surface area contributed by atoms with Crippen LogP contribution in [0.25, 0.3) is 10.2 Å². The maximum atomic E-state index is 12.3. The standard InChI is InChI=1S/C20H21N3O2S2/c1-12-3-8-15-16(9-12)27-20-18(15)19(21-11-22-20)26-10-17(24)23-13-4-6-14(25-2)7-5-13/h4-7,11-12H,3,8-10H2,1-2H3,(H,23,24)/t12-/m0/s1.